The standard InChI is InChI=1S/C20H18N2O2/c21-17-13-16(20(23)24)11-12-18(17)22-19(14-7-3-1-4-8-14)15-9-5-2-6-10-15/h1-13,19,22H,21H2,(H,23,24). The van der Waals surface area contributed by atoms with Crippen molar-refractivity contribution in [2.75, 3.05) is 11.1 Å². The molecule has 0 bridgehead atoms. The van der Waals surface area contributed by atoms with E-state index in [9.17, 15) is 4.79 Å². The van der Waals surface area contributed by atoms with Gasteiger partial charge >= 0.3 is 5.97 Å². The minimum absolute atomic E-state index is 0.0784. The van der Waals surface area contributed by atoms with Gasteiger partial charge in [-0.15, -0.1) is 0 Å². The number of benzene rings is 3. The van der Waals surface area contributed by atoms with E-state index in [0.29, 0.717) is 11.4 Å². The number of anilines is 2. The normalized spacial score (nSPS) is 10.5. The molecule has 3 rings (SSSR count). The second-order valence-electron chi connectivity index (χ2n) is 5.51. The minimum Gasteiger partial charge on any atom is -0.478 e. The number of carboxylic acids is 1. The highest BCUT2D eigenvalue weighted by Crippen LogP contribution is 2.29. The van der Waals surface area contributed by atoms with Crippen LogP contribution in [0.4, 0.5) is 11.4 Å². The Labute approximate surface area is 140 Å². The monoisotopic (exact) mass is 318 g/mol. The van der Waals surface area contributed by atoms with E-state index in [1.165, 1.54) is 6.07 Å². The van der Waals surface area contributed by atoms with Crippen molar-refractivity contribution >= 4 is 17.3 Å². The van der Waals surface area contributed by atoms with Gasteiger partial charge in [0.15, 0.2) is 0 Å². The third kappa shape index (κ3) is 3.38. The van der Waals surface area contributed by atoms with Crippen molar-refractivity contribution in [3.63, 3.8) is 0 Å². The average molecular weight is 318 g/mol. The second kappa shape index (κ2) is 6.87. The van der Waals surface area contributed by atoms with Crippen LogP contribution in [-0.2, 0) is 0 Å². The molecule has 0 aliphatic heterocycles. The predicted octanol–water partition coefficient (Wildman–Crippen LogP) is 4.17. The lowest BCUT2D eigenvalue weighted by Crippen LogP contribution is -2.13. The molecular weight excluding hydrogens is 300 g/mol. The molecule has 0 atom stereocenters. The molecule has 0 fully saturated rings. The van der Waals surface area contributed by atoms with Crippen molar-refractivity contribution in [2.24, 2.45) is 0 Å². The van der Waals surface area contributed by atoms with E-state index in [2.05, 4.69) is 5.32 Å². The first-order valence-corrected chi connectivity index (χ1v) is 7.64. The van der Waals surface area contributed by atoms with Crippen LogP contribution in [0.15, 0.2) is 78.9 Å². The van der Waals surface area contributed by atoms with Gasteiger partial charge in [-0.1, -0.05) is 60.7 Å². The fourth-order valence-corrected chi connectivity index (χ4v) is 2.63. The lowest BCUT2D eigenvalue weighted by Gasteiger charge is -2.22. The van der Waals surface area contributed by atoms with Crippen LogP contribution < -0.4 is 11.1 Å². The van der Waals surface area contributed by atoms with Crippen LogP contribution in [0, 0.1) is 0 Å². The first-order chi connectivity index (χ1) is 11.6. The second-order valence-corrected chi connectivity index (χ2v) is 5.51. The van der Waals surface area contributed by atoms with Gasteiger partial charge in [-0.05, 0) is 29.3 Å². The van der Waals surface area contributed by atoms with E-state index < -0.39 is 5.97 Å². The summed E-state index contributed by atoms with van der Waals surface area (Å²) in [4.78, 5) is 11.1. The maximum Gasteiger partial charge on any atom is 0.335 e. The Bertz CT molecular complexity index is 793. The van der Waals surface area contributed by atoms with Gasteiger partial charge in [-0.25, -0.2) is 4.79 Å². The summed E-state index contributed by atoms with van der Waals surface area (Å²) in [5, 5.41) is 12.5. The molecule has 0 aromatic heterocycles. The van der Waals surface area contributed by atoms with E-state index in [4.69, 9.17) is 10.8 Å². The van der Waals surface area contributed by atoms with Crippen molar-refractivity contribution in [3.8, 4) is 0 Å². The molecule has 0 saturated carbocycles. The molecule has 3 aromatic rings. The zero-order valence-electron chi connectivity index (χ0n) is 13.0. The van der Waals surface area contributed by atoms with Crippen LogP contribution in [0.2, 0.25) is 0 Å². The Morgan fingerprint density at radius 2 is 1.42 bits per heavy atom. The van der Waals surface area contributed by atoms with Crippen molar-refractivity contribution < 1.29 is 9.90 Å². The molecule has 0 aliphatic carbocycles. The first kappa shape index (κ1) is 15.6. The Balaban J connectivity index is 1.97. The van der Waals surface area contributed by atoms with Crippen LogP contribution in [-0.4, -0.2) is 11.1 Å². The van der Waals surface area contributed by atoms with Crippen LogP contribution in [0.25, 0.3) is 0 Å². The summed E-state index contributed by atoms with van der Waals surface area (Å²) in [5.74, 6) is -0.990. The van der Waals surface area contributed by atoms with Crippen LogP contribution in [0.1, 0.15) is 27.5 Å². The summed E-state index contributed by atoms with van der Waals surface area (Å²) in [6.07, 6.45) is 0. The van der Waals surface area contributed by atoms with Gasteiger partial charge in [0.25, 0.3) is 0 Å². The molecule has 0 heterocycles. The van der Waals surface area contributed by atoms with E-state index in [1.807, 2.05) is 60.7 Å². The average Bonchev–Trinajstić information content (AvgIpc) is 2.62. The van der Waals surface area contributed by atoms with Crippen LogP contribution in [0.5, 0.6) is 0 Å². The highest BCUT2D eigenvalue weighted by Gasteiger charge is 2.15. The zero-order valence-corrected chi connectivity index (χ0v) is 13.0. The van der Waals surface area contributed by atoms with E-state index in [1.54, 1.807) is 12.1 Å². The lowest BCUT2D eigenvalue weighted by molar-refractivity contribution is 0.0697. The summed E-state index contributed by atoms with van der Waals surface area (Å²) in [5.41, 5.74) is 9.53. The highest BCUT2D eigenvalue weighted by atomic mass is 16.4. The molecule has 4 heteroatoms. The van der Waals surface area contributed by atoms with Gasteiger partial charge in [-0.2, -0.15) is 0 Å². The van der Waals surface area contributed by atoms with E-state index in [-0.39, 0.29) is 11.6 Å². The molecule has 3 aromatic carbocycles. The number of carbonyl (C=O) groups is 1. The molecular formula is C20H18N2O2. The van der Waals surface area contributed by atoms with Gasteiger partial charge in [0.05, 0.1) is 23.0 Å². The molecule has 0 spiro atoms. The van der Waals surface area contributed by atoms with Crippen molar-refractivity contribution in [2.45, 2.75) is 6.04 Å². The molecule has 0 saturated heterocycles. The number of nitrogens with two attached hydrogens (primary N) is 1. The number of aromatic carboxylic acids is 1. The Hall–Kier alpha value is -3.27. The summed E-state index contributed by atoms with van der Waals surface area (Å²) in [6, 6.07) is 24.7. The van der Waals surface area contributed by atoms with Gasteiger partial charge in [0, 0.05) is 0 Å². The third-order valence-electron chi connectivity index (χ3n) is 3.86. The zero-order chi connectivity index (χ0) is 16.9. The van der Waals surface area contributed by atoms with Gasteiger partial charge < -0.3 is 16.2 Å². The predicted molar refractivity (Wildman–Crippen MR) is 96.2 cm³/mol. The smallest absolute Gasteiger partial charge is 0.335 e. The number of nitrogens with one attached hydrogen (secondary N) is 1. The fraction of sp³-hybridized carbons (Fsp3) is 0.0500. The quantitative estimate of drug-likeness (QED) is 0.617. The van der Waals surface area contributed by atoms with E-state index >= 15 is 0 Å². The number of hydrogen-bond acceptors (Lipinski definition) is 3. The van der Waals surface area contributed by atoms with Gasteiger partial charge in [0.2, 0.25) is 0 Å². The number of hydrogen-bond donors (Lipinski definition) is 3. The number of nitrogen functional groups attached to an aromatic ring is 1. The molecule has 4 nitrogen and oxygen atoms in total. The number of carboxylic acid groups (broad SMARTS) is 1. The maximum absolute atomic E-state index is 11.1. The summed E-state index contributed by atoms with van der Waals surface area (Å²) in [6.45, 7) is 0. The van der Waals surface area contributed by atoms with Crippen molar-refractivity contribution in [3.05, 3.63) is 95.6 Å². The molecule has 24 heavy (non-hydrogen) atoms. The van der Waals surface area contributed by atoms with E-state index in [0.717, 1.165) is 11.1 Å². The van der Waals surface area contributed by atoms with Gasteiger partial charge in [-0.3, -0.25) is 0 Å². The summed E-state index contributed by atoms with van der Waals surface area (Å²) < 4.78 is 0. The Morgan fingerprint density at radius 1 is 0.875 bits per heavy atom. The summed E-state index contributed by atoms with van der Waals surface area (Å²) in [7, 11) is 0. The SMILES string of the molecule is Nc1cc(C(=O)O)ccc1NC(c1ccccc1)c1ccccc1. The van der Waals surface area contributed by atoms with Crippen LogP contribution >= 0.6 is 0 Å². The molecule has 0 unspecified atom stereocenters. The lowest BCUT2D eigenvalue weighted by atomic mass is 9.98. The topological polar surface area (TPSA) is 75.4 Å². The Morgan fingerprint density at radius 3 is 1.88 bits per heavy atom. The largest absolute Gasteiger partial charge is 0.478 e. The van der Waals surface area contributed by atoms with Gasteiger partial charge in [0.1, 0.15) is 0 Å². The minimum atomic E-state index is -0.990. The van der Waals surface area contributed by atoms with Crippen molar-refractivity contribution in [1.82, 2.24) is 0 Å². The Kier molecular flexibility index (Phi) is 4.47. The molecule has 0 amide bonds. The highest BCUT2D eigenvalue weighted by molar-refractivity contribution is 5.90. The number of rotatable bonds is 5. The third-order valence-corrected chi connectivity index (χ3v) is 3.86. The van der Waals surface area contributed by atoms with Crippen LogP contribution in [0.3, 0.4) is 0 Å². The summed E-state index contributed by atoms with van der Waals surface area (Å²) >= 11 is 0. The fourth-order valence-electron chi connectivity index (χ4n) is 2.63. The molecule has 0 radical (unpaired) electrons. The van der Waals surface area contributed by atoms with Crippen molar-refractivity contribution in [1.29, 1.82) is 0 Å². The first-order valence-electron chi connectivity index (χ1n) is 7.64. The molecule has 120 valence electrons. The molecule has 4 N–H and O–H groups in total. The maximum atomic E-state index is 11.1. The molecule has 0 aliphatic rings.